The number of carbonyl (C=O) groups excluding carboxylic acids is 1. The Bertz CT molecular complexity index is 1230. The fourth-order valence-corrected chi connectivity index (χ4v) is 3.89. The first-order valence-corrected chi connectivity index (χ1v) is 11.2. The van der Waals surface area contributed by atoms with Crippen molar-refractivity contribution in [3.8, 4) is 11.8 Å². The van der Waals surface area contributed by atoms with E-state index in [0.717, 1.165) is 6.26 Å². The number of esters is 1. The molecule has 1 aromatic carbocycles. The summed E-state index contributed by atoms with van der Waals surface area (Å²) >= 11 is 0. The normalized spacial score (nSPS) is 19.6. The van der Waals surface area contributed by atoms with Gasteiger partial charge in [0.1, 0.15) is 17.4 Å². The maximum Gasteiger partial charge on any atom is 0.303 e. The van der Waals surface area contributed by atoms with E-state index < -0.39 is 39.4 Å². The van der Waals surface area contributed by atoms with E-state index in [0.29, 0.717) is 22.4 Å². The summed E-state index contributed by atoms with van der Waals surface area (Å²) in [4.78, 5) is 24.7. The highest BCUT2D eigenvalue weighted by atomic mass is 32.2. The summed E-state index contributed by atoms with van der Waals surface area (Å²) in [7, 11) is -3.69. The number of benzene rings is 1. The third-order valence-electron chi connectivity index (χ3n) is 4.83. The number of aromatic nitrogens is 1. The van der Waals surface area contributed by atoms with Crippen molar-refractivity contribution in [1.29, 1.82) is 5.26 Å². The molecule has 0 aliphatic carbocycles. The Morgan fingerprint density at radius 1 is 1.29 bits per heavy atom. The Hall–Kier alpha value is -3.16. The van der Waals surface area contributed by atoms with Crippen LogP contribution >= 0.6 is 0 Å². The second-order valence-electron chi connectivity index (χ2n) is 7.79. The minimum absolute atomic E-state index is 0.269. The van der Waals surface area contributed by atoms with Gasteiger partial charge in [0.15, 0.2) is 6.10 Å². The first kappa shape index (κ1) is 22.5. The summed E-state index contributed by atoms with van der Waals surface area (Å²) in [6.45, 7) is 4.45. The van der Waals surface area contributed by atoms with Crippen molar-refractivity contribution in [2.24, 2.45) is 0 Å². The number of fused-ring (bicyclic) bond motifs is 1. The van der Waals surface area contributed by atoms with E-state index in [1.807, 2.05) is 0 Å². The van der Waals surface area contributed by atoms with Gasteiger partial charge in [0.25, 0.3) is 15.7 Å². The minimum atomic E-state index is -3.69. The molecule has 0 saturated carbocycles. The van der Waals surface area contributed by atoms with Crippen LogP contribution in [0, 0.1) is 11.3 Å². The molecule has 0 bridgehead atoms. The molecule has 0 amide bonds. The monoisotopic (exact) mass is 446 g/mol. The van der Waals surface area contributed by atoms with Crippen LogP contribution in [0.3, 0.4) is 0 Å². The number of hydrogen-bond donors (Lipinski definition) is 0. The van der Waals surface area contributed by atoms with E-state index in [9.17, 15) is 23.3 Å². The zero-order valence-electron chi connectivity index (χ0n) is 17.5. The molecule has 10 heteroatoms. The molecule has 3 rings (SSSR count). The number of nitrogens with zero attached hydrogens (tertiary/aromatic N) is 2. The fraction of sp³-hybridized carbons (Fsp3) is 0.381. The maximum atomic E-state index is 12.8. The molecule has 0 spiro atoms. The summed E-state index contributed by atoms with van der Waals surface area (Å²) in [5.74, 6) is -0.113. The second-order valence-corrected chi connectivity index (χ2v) is 9.44. The van der Waals surface area contributed by atoms with Crippen LogP contribution in [0.25, 0.3) is 0 Å². The van der Waals surface area contributed by atoms with Crippen LogP contribution in [0.2, 0.25) is 0 Å². The molecule has 0 fully saturated rings. The number of rotatable bonds is 5. The lowest BCUT2D eigenvalue weighted by molar-refractivity contribution is -0.163. The average Bonchev–Trinajstić information content (AvgIpc) is 2.67. The fourth-order valence-electron chi connectivity index (χ4n) is 3.54. The van der Waals surface area contributed by atoms with Gasteiger partial charge in [0, 0.05) is 24.8 Å². The van der Waals surface area contributed by atoms with Gasteiger partial charge in [0.2, 0.25) is 0 Å². The molecule has 1 aromatic heterocycles. The molecule has 2 atom stereocenters. The summed E-state index contributed by atoms with van der Waals surface area (Å²) in [6, 6.07) is 8.78. The number of nitriles is 1. The number of pyridine rings is 1. The average molecular weight is 446 g/mol. The van der Waals surface area contributed by atoms with Crippen molar-refractivity contribution in [3.63, 3.8) is 0 Å². The highest BCUT2D eigenvalue weighted by Crippen LogP contribution is 2.43. The summed E-state index contributed by atoms with van der Waals surface area (Å²) in [5, 5.41) is 9.34. The van der Waals surface area contributed by atoms with E-state index in [-0.39, 0.29) is 6.61 Å². The van der Waals surface area contributed by atoms with Gasteiger partial charge in [-0.15, -0.1) is 0 Å². The van der Waals surface area contributed by atoms with Gasteiger partial charge in [-0.05, 0) is 43.7 Å². The Balaban J connectivity index is 2.21. The van der Waals surface area contributed by atoms with E-state index in [2.05, 4.69) is 6.07 Å². The lowest BCUT2D eigenvalue weighted by Crippen LogP contribution is -2.54. The van der Waals surface area contributed by atoms with Gasteiger partial charge in [0.05, 0.1) is 24.5 Å². The summed E-state index contributed by atoms with van der Waals surface area (Å²) in [5.41, 5.74) is -0.146. The predicted molar refractivity (Wildman–Crippen MR) is 110 cm³/mol. The zero-order chi connectivity index (χ0) is 23.0. The van der Waals surface area contributed by atoms with Gasteiger partial charge < -0.3 is 14.0 Å². The van der Waals surface area contributed by atoms with Crippen LogP contribution in [0.5, 0.6) is 5.75 Å². The molecule has 0 saturated heterocycles. The Labute approximate surface area is 179 Å². The van der Waals surface area contributed by atoms with Crippen molar-refractivity contribution in [2.45, 2.75) is 45.1 Å². The molecule has 2 aromatic rings. The molecule has 2 heterocycles. The van der Waals surface area contributed by atoms with E-state index >= 15 is 0 Å². The molecule has 0 radical (unpaired) electrons. The molecule has 164 valence electrons. The molecule has 31 heavy (non-hydrogen) atoms. The van der Waals surface area contributed by atoms with Gasteiger partial charge in [-0.2, -0.15) is 13.7 Å². The summed E-state index contributed by atoms with van der Waals surface area (Å²) in [6.07, 6.45) is 1.48. The molecule has 0 N–H and O–H groups in total. The van der Waals surface area contributed by atoms with Gasteiger partial charge in [-0.3, -0.25) is 13.8 Å². The van der Waals surface area contributed by atoms with Crippen molar-refractivity contribution in [2.75, 3.05) is 6.26 Å². The van der Waals surface area contributed by atoms with Crippen LogP contribution in [0.4, 0.5) is 0 Å². The van der Waals surface area contributed by atoms with Crippen LogP contribution < -0.4 is 10.3 Å². The number of hydrogen-bond acceptors (Lipinski definition) is 8. The Morgan fingerprint density at radius 2 is 2.00 bits per heavy atom. The number of carbonyl (C=O) groups is 1. The minimum Gasteiger partial charge on any atom is -0.484 e. The predicted octanol–water partition coefficient (Wildman–Crippen LogP) is 1.89. The molecule has 1 aliphatic heterocycles. The molecule has 9 nitrogen and oxygen atoms in total. The maximum absolute atomic E-state index is 12.8. The van der Waals surface area contributed by atoms with Crippen molar-refractivity contribution >= 4 is 16.1 Å². The second kappa shape index (κ2) is 8.17. The smallest absolute Gasteiger partial charge is 0.303 e. The van der Waals surface area contributed by atoms with Crippen LogP contribution in [-0.2, 0) is 30.4 Å². The van der Waals surface area contributed by atoms with Crippen LogP contribution in [0.1, 0.15) is 43.5 Å². The third-order valence-corrected chi connectivity index (χ3v) is 5.38. The Morgan fingerprint density at radius 3 is 2.61 bits per heavy atom. The van der Waals surface area contributed by atoms with Crippen molar-refractivity contribution < 1.29 is 26.9 Å². The standard InChI is InChI=1S/C21H22N2O7S/c1-13(24)29-20-19(16-9-14(10-22)5-7-17(16)30-21(20,2)3)23-11-15(6-8-18(23)25)12-28-31(4,26)27/h5-9,11,19-20H,12H2,1-4H3. The van der Waals surface area contributed by atoms with Crippen LogP contribution in [-0.4, -0.2) is 36.9 Å². The lowest BCUT2D eigenvalue weighted by atomic mass is 9.85. The number of ether oxygens (including phenoxy) is 2. The van der Waals surface area contributed by atoms with Gasteiger partial charge >= 0.3 is 5.97 Å². The molecule has 1 aliphatic rings. The SMILES string of the molecule is CC(=O)OC1C(n2cc(COS(C)(=O)=O)ccc2=O)c2cc(C#N)ccc2OC1(C)C. The van der Waals surface area contributed by atoms with Crippen LogP contribution in [0.15, 0.2) is 41.3 Å². The molecular formula is C21H22N2O7S. The van der Waals surface area contributed by atoms with E-state index in [1.54, 1.807) is 32.0 Å². The molecular weight excluding hydrogens is 424 g/mol. The largest absolute Gasteiger partial charge is 0.484 e. The van der Waals surface area contributed by atoms with E-state index in [4.69, 9.17) is 13.7 Å². The topological polar surface area (TPSA) is 125 Å². The highest BCUT2D eigenvalue weighted by Gasteiger charge is 2.47. The summed E-state index contributed by atoms with van der Waals surface area (Å²) < 4.78 is 40.5. The van der Waals surface area contributed by atoms with E-state index in [1.165, 1.54) is 29.8 Å². The first-order valence-electron chi connectivity index (χ1n) is 9.37. The quantitative estimate of drug-likeness (QED) is 0.504. The van der Waals surface area contributed by atoms with Crippen molar-refractivity contribution in [3.05, 3.63) is 63.6 Å². The Kier molecular flexibility index (Phi) is 5.93. The molecule has 2 unspecified atom stereocenters. The lowest BCUT2D eigenvalue weighted by Gasteiger charge is -2.44. The third kappa shape index (κ3) is 4.95. The zero-order valence-corrected chi connectivity index (χ0v) is 18.3. The van der Waals surface area contributed by atoms with Gasteiger partial charge in [-0.25, -0.2) is 0 Å². The van der Waals surface area contributed by atoms with Crippen molar-refractivity contribution in [1.82, 2.24) is 4.57 Å². The van der Waals surface area contributed by atoms with Gasteiger partial charge in [-0.1, -0.05) is 0 Å². The first-order chi connectivity index (χ1) is 14.4. The highest BCUT2D eigenvalue weighted by molar-refractivity contribution is 7.85.